The molecule has 0 N–H and O–H groups in total. The van der Waals surface area contributed by atoms with Crippen LogP contribution in [0.4, 0.5) is 0 Å². The van der Waals surface area contributed by atoms with Crippen LogP contribution in [0.3, 0.4) is 0 Å². The highest BCUT2D eigenvalue weighted by Crippen LogP contribution is 2.02. The van der Waals surface area contributed by atoms with E-state index < -0.39 is 0 Å². The minimum Gasteiger partial charge on any atom is -0.287 e. The van der Waals surface area contributed by atoms with Gasteiger partial charge in [0, 0.05) is 18.9 Å². The lowest BCUT2D eigenvalue weighted by Gasteiger charge is -1.92. The summed E-state index contributed by atoms with van der Waals surface area (Å²) in [7, 11) is 0. The van der Waals surface area contributed by atoms with Gasteiger partial charge in [0.25, 0.3) is 0 Å². The zero-order valence-electron chi connectivity index (χ0n) is 9.58. The molecule has 0 aromatic carbocycles. The van der Waals surface area contributed by atoms with E-state index in [4.69, 9.17) is 0 Å². The molecule has 86 valence electrons. The SMILES string of the molecule is CCn1ccc(C(=O)/C=C/c2ccccn2)n1. The van der Waals surface area contributed by atoms with Crippen molar-refractivity contribution in [3.05, 3.63) is 54.1 Å². The Morgan fingerprint density at radius 2 is 2.29 bits per heavy atom. The normalized spacial score (nSPS) is 10.9. The fourth-order valence-corrected chi connectivity index (χ4v) is 1.39. The quantitative estimate of drug-likeness (QED) is 0.594. The molecule has 2 heterocycles. The molecular weight excluding hydrogens is 214 g/mol. The number of rotatable bonds is 4. The molecule has 0 bridgehead atoms. The number of nitrogens with zero attached hydrogens (tertiary/aromatic N) is 3. The van der Waals surface area contributed by atoms with Crippen LogP contribution < -0.4 is 0 Å². The number of hydrogen-bond donors (Lipinski definition) is 0. The van der Waals surface area contributed by atoms with Crippen LogP contribution in [0.25, 0.3) is 6.08 Å². The number of carbonyl (C=O) groups excluding carboxylic acids is 1. The van der Waals surface area contributed by atoms with Gasteiger partial charge in [0.1, 0.15) is 5.69 Å². The summed E-state index contributed by atoms with van der Waals surface area (Å²) in [4.78, 5) is 15.9. The van der Waals surface area contributed by atoms with E-state index in [-0.39, 0.29) is 5.78 Å². The first-order valence-electron chi connectivity index (χ1n) is 5.46. The zero-order valence-corrected chi connectivity index (χ0v) is 9.58. The Kier molecular flexibility index (Phi) is 3.45. The van der Waals surface area contributed by atoms with Gasteiger partial charge >= 0.3 is 0 Å². The van der Waals surface area contributed by atoms with Gasteiger partial charge in [0.05, 0.1) is 5.69 Å². The molecule has 0 atom stereocenters. The number of carbonyl (C=O) groups is 1. The van der Waals surface area contributed by atoms with Gasteiger partial charge in [-0.15, -0.1) is 0 Å². The predicted octanol–water partition coefficient (Wildman–Crippen LogP) is 2.19. The summed E-state index contributed by atoms with van der Waals surface area (Å²) in [5, 5.41) is 4.14. The highest BCUT2D eigenvalue weighted by atomic mass is 16.1. The minimum atomic E-state index is -0.108. The second kappa shape index (κ2) is 5.21. The molecule has 0 saturated heterocycles. The Morgan fingerprint density at radius 1 is 1.41 bits per heavy atom. The topological polar surface area (TPSA) is 47.8 Å². The highest BCUT2D eigenvalue weighted by molar-refractivity contribution is 6.05. The van der Waals surface area contributed by atoms with Gasteiger partial charge in [-0.05, 0) is 37.3 Å². The molecule has 0 fully saturated rings. The van der Waals surface area contributed by atoms with Crippen molar-refractivity contribution < 1.29 is 4.79 Å². The van der Waals surface area contributed by atoms with Crippen molar-refractivity contribution in [3.63, 3.8) is 0 Å². The summed E-state index contributed by atoms with van der Waals surface area (Å²) < 4.78 is 1.72. The molecule has 17 heavy (non-hydrogen) atoms. The number of allylic oxidation sites excluding steroid dienone is 1. The molecule has 2 aromatic rings. The second-order valence-corrected chi connectivity index (χ2v) is 3.51. The summed E-state index contributed by atoms with van der Waals surface area (Å²) in [5.74, 6) is -0.108. The van der Waals surface area contributed by atoms with Crippen molar-refractivity contribution in [2.75, 3.05) is 0 Å². The molecule has 0 spiro atoms. The van der Waals surface area contributed by atoms with Gasteiger partial charge in [-0.2, -0.15) is 5.10 Å². The van der Waals surface area contributed by atoms with Crippen LogP contribution in [0.5, 0.6) is 0 Å². The van der Waals surface area contributed by atoms with Gasteiger partial charge in [-0.25, -0.2) is 0 Å². The molecule has 0 radical (unpaired) electrons. The average molecular weight is 227 g/mol. The monoisotopic (exact) mass is 227 g/mol. The van der Waals surface area contributed by atoms with E-state index in [0.29, 0.717) is 5.69 Å². The van der Waals surface area contributed by atoms with E-state index >= 15 is 0 Å². The third kappa shape index (κ3) is 2.87. The fourth-order valence-electron chi connectivity index (χ4n) is 1.39. The molecule has 4 heteroatoms. The van der Waals surface area contributed by atoms with Crippen LogP contribution in [0, 0.1) is 0 Å². The van der Waals surface area contributed by atoms with Crippen molar-refractivity contribution in [2.45, 2.75) is 13.5 Å². The summed E-state index contributed by atoms with van der Waals surface area (Å²) >= 11 is 0. The van der Waals surface area contributed by atoms with Gasteiger partial charge in [-0.1, -0.05) is 6.07 Å². The maximum atomic E-state index is 11.8. The number of pyridine rings is 1. The summed E-state index contributed by atoms with van der Waals surface area (Å²) in [6, 6.07) is 7.27. The summed E-state index contributed by atoms with van der Waals surface area (Å²) in [6.45, 7) is 2.74. The van der Waals surface area contributed by atoms with E-state index in [1.54, 1.807) is 29.2 Å². The van der Waals surface area contributed by atoms with Gasteiger partial charge in [0.2, 0.25) is 5.78 Å². The molecule has 2 rings (SSSR count). The zero-order chi connectivity index (χ0) is 12.1. The van der Waals surface area contributed by atoms with Crippen molar-refractivity contribution >= 4 is 11.9 Å². The minimum absolute atomic E-state index is 0.108. The number of aromatic nitrogens is 3. The molecule has 0 amide bonds. The summed E-state index contributed by atoms with van der Waals surface area (Å²) in [5.41, 5.74) is 1.22. The van der Waals surface area contributed by atoms with Crippen molar-refractivity contribution in [1.82, 2.24) is 14.8 Å². The third-order valence-electron chi connectivity index (χ3n) is 2.31. The molecule has 0 aliphatic heterocycles. The third-order valence-corrected chi connectivity index (χ3v) is 2.31. The van der Waals surface area contributed by atoms with E-state index in [2.05, 4.69) is 10.1 Å². The molecule has 2 aromatic heterocycles. The van der Waals surface area contributed by atoms with Crippen LogP contribution in [-0.2, 0) is 6.54 Å². The van der Waals surface area contributed by atoms with Crippen molar-refractivity contribution in [2.24, 2.45) is 0 Å². The molecule has 0 aliphatic rings. The lowest BCUT2D eigenvalue weighted by molar-refractivity contribution is 0.104. The van der Waals surface area contributed by atoms with Crippen molar-refractivity contribution in [1.29, 1.82) is 0 Å². The van der Waals surface area contributed by atoms with Gasteiger partial charge in [0.15, 0.2) is 0 Å². The van der Waals surface area contributed by atoms with E-state index in [9.17, 15) is 4.79 Å². The number of hydrogen-bond acceptors (Lipinski definition) is 3. The Labute approximate surface area is 99.6 Å². The standard InChI is InChI=1S/C13H13N3O/c1-2-16-10-8-12(15-16)13(17)7-6-11-5-3-4-9-14-11/h3-10H,2H2,1H3/b7-6+. The van der Waals surface area contributed by atoms with Crippen molar-refractivity contribution in [3.8, 4) is 0 Å². The van der Waals surface area contributed by atoms with Crippen LogP contribution in [0.2, 0.25) is 0 Å². The highest BCUT2D eigenvalue weighted by Gasteiger charge is 2.05. The fraction of sp³-hybridized carbons (Fsp3) is 0.154. The first-order valence-corrected chi connectivity index (χ1v) is 5.46. The smallest absolute Gasteiger partial charge is 0.206 e. The van der Waals surface area contributed by atoms with Crippen LogP contribution in [-0.4, -0.2) is 20.5 Å². The second-order valence-electron chi connectivity index (χ2n) is 3.51. The molecule has 0 aliphatic carbocycles. The van der Waals surface area contributed by atoms with Gasteiger partial charge < -0.3 is 0 Å². The molecule has 4 nitrogen and oxygen atoms in total. The largest absolute Gasteiger partial charge is 0.287 e. The molecular formula is C13H13N3O. The lowest BCUT2D eigenvalue weighted by atomic mass is 10.2. The van der Waals surface area contributed by atoms with Gasteiger partial charge in [-0.3, -0.25) is 14.5 Å². The Hall–Kier alpha value is -2.23. The van der Waals surface area contributed by atoms with Crippen LogP contribution in [0.15, 0.2) is 42.7 Å². The first kappa shape index (κ1) is 11.3. The summed E-state index contributed by atoms with van der Waals surface area (Å²) in [6.07, 6.45) is 6.66. The Balaban J connectivity index is 2.09. The van der Waals surface area contributed by atoms with Crippen LogP contribution >= 0.6 is 0 Å². The maximum absolute atomic E-state index is 11.8. The maximum Gasteiger partial charge on any atom is 0.206 e. The first-order chi connectivity index (χ1) is 8.29. The van der Waals surface area contributed by atoms with E-state index in [1.165, 1.54) is 6.08 Å². The average Bonchev–Trinajstić information content (AvgIpc) is 2.86. The Morgan fingerprint density at radius 3 is 2.94 bits per heavy atom. The predicted molar refractivity (Wildman–Crippen MR) is 65.5 cm³/mol. The van der Waals surface area contributed by atoms with Crippen LogP contribution in [0.1, 0.15) is 23.1 Å². The van der Waals surface area contributed by atoms with E-state index in [0.717, 1.165) is 12.2 Å². The van der Waals surface area contributed by atoms with E-state index in [1.807, 2.05) is 25.1 Å². The Bertz CT molecular complexity index is 529. The number of aryl methyl sites for hydroxylation is 1. The molecule has 0 unspecified atom stereocenters. The lowest BCUT2D eigenvalue weighted by Crippen LogP contribution is -1.99. The molecule has 0 saturated carbocycles. The number of ketones is 1.